The molecule has 2 aromatic rings. The number of rotatable bonds is 3. The molecular weight excluding hydrogens is 190 g/mol. The Balaban J connectivity index is 2.51. The molecule has 0 aliphatic heterocycles. The Kier molecular flexibility index (Phi) is 2.46. The Bertz CT molecular complexity index is 499. The maximum absolute atomic E-state index is 11.1. The van der Waals surface area contributed by atoms with Gasteiger partial charge in [-0.05, 0) is 30.7 Å². The maximum atomic E-state index is 11.1. The van der Waals surface area contributed by atoms with Gasteiger partial charge in [-0.15, -0.1) is 0 Å². The largest absolute Gasteiger partial charge is 0.497 e. The zero-order valence-corrected chi connectivity index (χ0v) is 8.83. The summed E-state index contributed by atoms with van der Waals surface area (Å²) in [6, 6.07) is 5.80. The third-order valence-corrected chi connectivity index (χ3v) is 2.41. The Morgan fingerprint density at radius 2 is 2.27 bits per heavy atom. The number of ketones is 1. The number of nitrogens with one attached hydrogen (secondary N) is 1. The molecule has 0 aliphatic carbocycles. The molecule has 0 atom stereocenters. The van der Waals surface area contributed by atoms with E-state index in [1.54, 1.807) is 14.0 Å². The first kappa shape index (κ1) is 9.77. The Morgan fingerprint density at radius 3 is 2.93 bits per heavy atom. The van der Waals surface area contributed by atoms with Gasteiger partial charge in [0.25, 0.3) is 0 Å². The second-order valence-corrected chi connectivity index (χ2v) is 3.60. The zero-order chi connectivity index (χ0) is 10.8. The van der Waals surface area contributed by atoms with Crippen molar-refractivity contribution >= 4 is 16.7 Å². The molecule has 1 N–H and O–H groups in total. The predicted molar refractivity (Wildman–Crippen MR) is 59.2 cm³/mol. The van der Waals surface area contributed by atoms with Gasteiger partial charge in [0.1, 0.15) is 11.5 Å². The number of aromatic amines is 1. The number of ether oxygens (including phenoxy) is 1. The first-order valence-electron chi connectivity index (χ1n) is 4.84. The van der Waals surface area contributed by atoms with Crippen molar-refractivity contribution in [1.29, 1.82) is 0 Å². The summed E-state index contributed by atoms with van der Waals surface area (Å²) in [5.74, 6) is 0.977. The first-order chi connectivity index (χ1) is 7.20. The lowest BCUT2D eigenvalue weighted by Crippen LogP contribution is -1.94. The van der Waals surface area contributed by atoms with Crippen molar-refractivity contribution in [3.8, 4) is 5.75 Å². The van der Waals surface area contributed by atoms with E-state index in [0.29, 0.717) is 6.42 Å². The number of H-pyrrole nitrogens is 1. The van der Waals surface area contributed by atoms with Gasteiger partial charge in [-0.2, -0.15) is 0 Å². The smallest absolute Gasteiger partial charge is 0.134 e. The van der Waals surface area contributed by atoms with Crippen LogP contribution in [0.4, 0.5) is 0 Å². The van der Waals surface area contributed by atoms with Gasteiger partial charge in [0, 0.05) is 23.5 Å². The standard InChI is InChI=1S/C12H13NO2/c1-8(14)5-9-7-13-12-4-3-10(15-2)6-11(9)12/h3-4,6-7,13H,5H2,1-2H3. The molecule has 0 saturated carbocycles. The van der Waals surface area contributed by atoms with Gasteiger partial charge in [0.05, 0.1) is 7.11 Å². The van der Waals surface area contributed by atoms with Crippen molar-refractivity contribution in [2.75, 3.05) is 7.11 Å². The van der Waals surface area contributed by atoms with Gasteiger partial charge >= 0.3 is 0 Å². The summed E-state index contributed by atoms with van der Waals surface area (Å²) in [7, 11) is 1.64. The van der Waals surface area contributed by atoms with E-state index in [9.17, 15) is 4.79 Å². The highest BCUT2D eigenvalue weighted by molar-refractivity contribution is 5.89. The number of fused-ring (bicyclic) bond motifs is 1. The van der Waals surface area contributed by atoms with Crippen LogP contribution >= 0.6 is 0 Å². The molecular formula is C12H13NO2. The van der Waals surface area contributed by atoms with Gasteiger partial charge in [0.2, 0.25) is 0 Å². The second-order valence-electron chi connectivity index (χ2n) is 3.60. The normalized spacial score (nSPS) is 10.5. The Labute approximate surface area is 88.1 Å². The molecule has 0 aliphatic rings. The van der Waals surface area contributed by atoms with E-state index >= 15 is 0 Å². The first-order valence-corrected chi connectivity index (χ1v) is 4.84. The molecule has 3 heteroatoms. The molecule has 0 spiro atoms. The lowest BCUT2D eigenvalue weighted by Gasteiger charge is -2.00. The summed E-state index contributed by atoms with van der Waals surface area (Å²) in [4.78, 5) is 14.2. The van der Waals surface area contributed by atoms with Gasteiger partial charge in [0.15, 0.2) is 0 Å². The number of aromatic nitrogens is 1. The fourth-order valence-electron chi connectivity index (χ4n) is 1.70. The van der Waals surface area contributed by atoms with Crippen LogP contribution in [-0.4, -0.2) is 17.9 Å². The highest BCUT2D eigenvalue weighted by atomic mass is 16.5. The molecule has 78 valence electrons. The molecule has 2 rings (SSSR count). The molecule has 1 aromatic heterocycles. The van der Waals surface area contributed by atoms with Gasteiger partial charge in [-0.25, -0.2) is 0 Å². The Hall–Kier alpha value is -1.77. The SMILES string of the molecule is COc1ccc2[nH]cc(CC(C)=O)c2c1. The van der Waals surface area contributed by atoms with E-state index < -0.39 is 0 Å². The quantitative estimate of drug-likeness (QED) is 0.831. The van der Waals surface area contributed by atoms with E-state index in [4.69, 9.17) is 4.74 Å². The average Bonchev–Trinajstić information content (AvgIpc) is 2.60. The van der Waals surface area contributed by atoms with E-state index in [-0.39, 0.29) is 5.78 Å². The molecule has 0 bridgehead atoms. The second kappa shape index (κ2) is 3.77. The summed E-state index contributed by atoms with van der Waals surface area (Å²) >= 11 is 0. The van der Waals surface area contributed by atoms with Crippen LogP contribution in [0.3, 0.4) is 0 Å². The van der Waals surface area contributed by atoms with Crippen molar-refractivity contribution in [1.82, 2.24) is 4.98 Å². The lowest BCUT2D eigenvalue weighted by molar-refractivity contribution is -0.116. The molecule has 3 nitrogen and oxygen atoms in total. The molecule has 0 unspecified atom stereocenters. The monoisotopic (exact) mass is 203 g/mol. The zero-order valence-electron chi connectivity index (χ0n) is 8.83. The van der Waals surface area contributed by atoms with Crippen LogP contribution in [0.5, 0.6) is 5.75 Å². The molecule has 1 heterocycles. The molecule has 0 fully saturated rings. The molecule has 0 amide bonds. The third kappa shape index (κ3) is 1.86. The molecule has 1 aromatic carbocycles. The lowest BCUT2D eigenvalue weighted by atomic mass is 10.1. The van der Waals surface area contributed by atoms with Crippen LogP contribution in [0.15, 0.2) is 24.4 Å². The summed E-state index contributed by atoms with van der Waals surface area (Å²) in [5, 5.41) is 1.06. The van der Waals surface area contributed by atoms with E-state index in [0.717, 1.165) is 22.2 Å². The van der Waals surface area contributed by atoms with Crippen molar-refractivity contribution in [2.45, 2.75) is 13.3 Å². The topological polar surface area (TPSA) is 42.1 Å². The van der Waals surface area contributed by atoms with E-state index in [2.05, 4.69) is 4.98 Å². The van der Waals surface area contributed by atoms with Crippen molar-refractivity contribution in [2.24, 2.45) is 0 Å². The van der Waals surface area contributed by atoms with Gasteiger partial charge < -0.3 is 9.72 Å². The van der Waals surface area contributed by atoms with Crippen molar-refractivity contribution in [3.05, 3.63) is 30.0 Å². The maximum Gasteiger partial charge on any atom is 0.134 e. The summed E-state index contributed by atoms with van der Waals surface area (Å²) in [6.07, 6.45) is 2.35. The third-order valence-electron chi connectivity index (χ3n) is 2.41. The van der Waals surface area contributed by atoms with Crippen LogP contribution in [0.1, 0.15) is 12.5 Å². The Morgan fingerprint density at radius 1 is 1.47 bits per heavy atom. The van der Waals surface area contributed by atoms with Crippen LogP contribution < -0.4 is 4.74 Å². The number of Topliss-reactive ketones (excluding diaryl/α,β-unsaturated/α-hetero) is 1. The number of benzene rings is 1. The minimum Gasteiger partial charge on any atom is -0.497 e. The van der Waals surface area contributed by atoms with Crippen LogP contribution in [0, 0.1) is 0 Å². The van der Waals surface area contributed by atoms with E-state index in [1.165, 1.54) is 0 Å². The van der Waals surface area contributed by atoms with Crippen LogP contribution in [0.25, 0.3) is 10.9 Å². The fourth-order valence-corrected chi connectivity index (χ4v) is 1.70. The summed E-state index contributed by atoms with van der Waals surface area (Å²) in [6.45, 7) is 1.60. The minimum absolute atomic E-state index is 0.165. The molecule has 15 heavy (non-hydrogen) atoms. The van der Waals surface area contributed by atoms with Crippen molar-refractivity contribution < 1.29 is 9.53 Å². The minimum atomic E-state index is 0.165. The van der Waals surface area contributed by atoms with E-state index in [1.807, 2.05) is 24.4 Å². The predicted octanol–water partition coefficient (Wildman–Crippen LogP) is 2.31. The number of carbonyl (C=O) groups excluding carboxylic acids is 1. The highest BCUT2D eigenvalue weighted by Crippen LogP contribution is 2.23. The fraction of sp³-hybridized carbons (Fsp3) is 0.250. The average molecular weight is 203 g/mol. The van der Waals surface area contributed by atoms with Gasteiger partial charge in [-0.3, -0.25) is 4.79 Å². The number of carbonyl (C=O) groups is 1. The van der Waals surface area contributed by atoms with Crippen molar-refractivity contribution in [3.63, 3.8) is 0 Å². The van der Waals surface area contributed by atoms with Crippen LogP contribution in [0.2, 0.25) is 0 Å². The molecule has 0 radical (unpaired) electrons. The summed E-state index contributed by atoms with van der Waals surface area (Å²) < 4.78 is 5.15. The highest BCUT2D eigenvalue weighted by Gasteiger charge is 2.06. The number of methoxy groups -OCH3 is 1. The summed E-state index contributed by atoms with van der Waals surface area (Å²) in [5.41, 5.74) is 2.06. The van der Waals surface area contributed by atoms with Crippen LogP contribution in [-0.2, 0) is 11.2 Å². The number of hydrogen-bond acceptors (Lipinski definition) is 2. The molecule has 0 saturated heterocycles. The van der Waals surface area contributed by atoms with Gasteiger partial charge in [-0.1, -0.05) is 0 Å². The number of hydrogen-bond donors (Lipinski definition) is 1.